The lowest BCUT2D eigenvalue weighted by atomic mass is 10.0. The Bertz CT molecular complexity index is 928. The number of alkyl halides is 3. The summed E-state index contributed by atoms with van der Waals surface area (Å²) in [5.74, 6) is -0.164. The van der Waals surface area contributed by atoms with E-state index in [2.05, 4.69) is 0 Å². The summed E-state index contributed by atoms with van der Waals surface area (Å²) in [6.45, 7) is 0. The van der Waals surface area contributed by atoms with Crippen molar-refractivity contribution in [1.29, 1.82) is 0 Å². The minimum absolute atomic E-state index is 0.113. The lowest BCUT2D eigenvalue weighted by Gasteiger charge is -2.05. The van der Waals surface area contributed by atoms with E-state index in [1.807, 2.05) is 42.5 Å². The van der Waals surface area contributed by atoms with Gasteiger partial charge in [0.05, 0.1) is 0 Å². The van der Waals surface area contributed by atoms with Crippen molar-refractivity contribution < 1.29 is 18.0 Å². The van der Waals surface area contributed by atoms with Crippen LogP contribution in [0.3, 0.4) is 0 Å². The molecule has 0 aliphatic heterocycles. The first-order chi connectivity index (χ1) is 12.9. The largest absolute Gasteiger partial charge is 0.446 e. The van der Waals surface area contributed by atoms with E-state index in [9.17, 15) is 18.0 Å². The average molecular weight is 384 g/mol. The highest BCUT2D eigenvalue weighted by Crippen LogP contribution is 2.36. The van der Waals surface area contributed by atoms with Gasteiger partial charge in [-0.15, -0.1) is 0 Å². The molecule has 0 atom stereocenters. The third-order valence-corrected chi connectivity index (χ3v) is 4.56. The average Bonchev–Trinajstić information content (AvgIpc) is 2.67. The molecule has 0 aliphatic carbocycles. The normalized spacial score (nSPS) is 11.7. The van der Waals surface area contributed by atoms with Gasteiger partial charge in [-0.3, -0.25) is 4.79 Å². The van der Waals surface area contributed by atoms with Gasteiger partial charge in [-0.25, -0.2) is 0 Å². The first-order valence-electron chi connectivity index (χ1n) is 8.14. The van der Waals surface area contributed by atoms with Crippen molar-refractivity contribution >= 4 is 23.6 Å². The highest BCUT2D eigenvalue weighted by atomic mass is 32.2. The zero-order valence-electron chi connectivity index (χ0n) is 14.1. The highest BCUT2D eigenvalue weighted by Gasteiger charge is 2.28. The number of rotatable bonds is 5. The van der Waals surface area contributed by atoms with Gasteiger partial charge in [-0.1, -0.05) is 72.8 Å². The number of carbonyl (C=O) groups is 1. The van der Waals surface area contributed by atoms with Gasteiger partial charge >= 0.3 is 5.51 Å². The van der Waals surface area contributed by atoms with Gasteiger partial charge in [0, 0.05) is 10.5 Å². The van der Waals surface area contributed by atoms with Crippen LogP contribution in [0, 0.1) is 0 Å². The van der Waals surface area contributed by atoms with E-state index in [4.69, 9.17) is 0 Å². The fourth-order valence-corrected chi connectivity index (χ4v) is 3.05. The molecule has 0 fully saturated rings. The van der Waals surface area contributed by atoms with Crippen LogP contribution in [0.4, 0.5) is 13.2 Å². The van der Waals surface area contributed by atoms with Crippen molar-refractivity contribution in [1.82, 2.24) is 0 Å². The molecule has 0 aromatic heterocycles. The Kier molecular flexibility index (Phi) is 5.81. The minimum Gasteiger partial charge on any atom is -0.289 e. The zero-order valence-corrected chi connectivity index (χ0v) is 14.9. The van der Waals surface area contributed by atoms with E-state index in [-0.39, 0.29) is 22.4 Å². The Balaban J connectivity index is 1.66. The summed E-state index contributed by atoms with van der Waals surface area (Å²) in [6.07, 6.45) is 3.01. The fraction of sp³-hybridized carbons (Fsp3) is 0.0455. The Morgan fingerprint density at radius 3 is 1.96 bits per heavy atom. The van der Waals surface area contributed by atoms with Crippen molar-refractivity contribution in [3.05, 3.63) is 96.1 Å². The van der Waals surface area contributed by atoms with Crippen molar-refractivity contribution in [2.24, 2.45) is 0 Å². The maximum absolute atomic E-state index is 12.3. The number of allylic oxidation sites excluding steroid dienone is 1. The SMILES string of the molecule is O=C(C=Cc1ccc(SC(F)(F)F)cc1)c1ccc(-c2ccccc2)cc1. The summed E-state index contributed by atoms with van der Waals surface area (Å²) in [6, 6.07) is 23.0. The smallest absolute Gasteiger partial charge is 0.289 e. The molecule has 0 bridgehead atoms. The molecule has 0 saturated carbocycles. The van der Waals surface area contributed by atoms with Gasteiger partial charge in [0.1, 0.15) is 0 Å². The Morgan fingerprint density at radius 1 is 0.778 bits per heavy atom. The number of hydrogen-bond donors (Lipinski definition) is 0. The van der Waals surface area contributed by atoms with Crippen molar-refractivity contribution in [3.8, 4) is 11.1 Å². The second-order valence-electron chi connectivity index (χ2n) is 5.76. The first-order valence-corrected chi connectivity index (χ1v) is 8.96. The van der Waals surface area contributed by atoms with Gasteiger partial charge < -0.3 is 0 Å². The number of hydrogen-bond acceptors (Lipinski definition) is 2. The second kappa shape index (κ2) is 8.27. The zero-order chi connectivity index (χ0) is 19.3. The summed E-state index contributed by atoms with van der Waals surface area (Å²) in [4.78, 5) is 12.4. The van der Waals surface area contributed by atoms with Crippen LogP contribution in [0.15, 0.2) is 89.8 Å². The van der Waals surface area contributed by atoms with Crippen LogP contribution in [-0.4, -0.2) is 11.3 Å². The summed E-state index contributed by atoms with van der Waals surface area (Å²) in [7, 11) is 0. The fourth-order valence-electron chi connectivity index (χ4n) is 2.51. The minimum atomic E-state index is -4.31. The van der Waals surface area contributed by atoms with Gasteiger partial charge in [-0.2, -0.15) is 13.2 Å². The molecule has 0 saturated heterocycles. The van der Waals surface area contributed by atoms with Crippen LogP contribution >= 0.6 is 11.8 Å². The molecular formula is C22H15F3OS. The van der Waals surface area contributed by atoms with E-state index in [0.29, 0.717) is 11.1 Å². The molecular weight excluding hydrogens is 369 g/mol. The van der Waals surface area contributed by atoms with E-state index in [1.54, 1.807) is 30.3 Å². The molecule has 0 spiro atoms. The molecule has 0 aliphatic rings. The number of halogens is 3. The highest BCUT2D eigenvalue weighted by molar-refractivity contribution is 8.00. The Morgan fingerprint density at radius 2 is 1.37 bits per heavy atom. The maximum atomic E-state index is 12.3. The third-order valence-electron chi connectivity index (χ3n) is 3.82. The summed E-state index contributed by atoms with van der Waals surface area (Å²) >= 11 is -0.161. The number of benzene rings is 3. The van der Waals surface area contributed by atoms with Crippen LogP contribution in [-0.2, 0) is 0 Å². The predicted molar refractivity (Wildman–Crippen MR) is 104 cm³/mol. The molecule has 3 aromatic carbocycles. The maximum Gasteiger partial charge on any atom is 0.446 e. The Hall–Kier alpha value is -2.79. The second-order valence-corrected chi connectivity index (χ2v) is 6.90. The van der Waals surface area contributed by atoms with Gasteiger partial charge in [0.2, 0.25) is 0 Å². The van der Waals surface area contributed by atoms with Crippen molar-refractivity contribution in [2.75, 3.05) is 0 Å². The lowest BCUT2D eigenvalue weighted by molar-refractivity contribution is -0.0328. The molecule has 0 radical (unpaired) electrons. The third kappa shape index (κ3) is 5.59. The van der Waals surface area contributed by atoms with E-state index in [1.165, 1.54) is 18.2 Å². The van der Waals surface area contributed by atoms with Crippen LogP contribution in [0.5, 0.6) is 0 Å². The van der Waals surface area contributed by atoms with Crippen LogP contribution in [0.1, 0.15) is 15.9 Å². The Labute approximate surface area is 159 Å². The van der Waals surface area contributed by atoms with Gasteiger partial charge in [0.25, 0.3) is 0 Å². The van der Waals surface area contributed by atoms with E-state index >= 15 is 0 Å². The van der Waals surface area contributed by atoms with Crippen LogP contribution in [0.2, 0.25) is 0 Å². The van der Waals surface area contributed by atoms with Crippen molar-refractivity contribution in [2.45, 2.75) is 10.4 Å². The summed E-state index contributed by atoms with van der Waals surface area (Å²) in [5.41, 5.74) is -0.997. The number of carbonyl (C=O) groups excluding carboxylic acids is 1. The molecule has 136 valence electrons. The molecule has 27 heavy (non-hydrogen) atoms. The van der Waals surface area contributed by atoms with Crippen LogP contribution in [0.25, 0.3) is 17.2 Å². The summed E-state index contributed by atoms with van der Waals surface area (Å²) in [5, 5.41) is 0. The molecule has 1 nitrogen and oxygen atoms in total. The monoisotopic (exact) mass is 384 g/mol. The molecule has 0 N–H and O–H groups in total. The van der Waals surface area contributed by atoms with E-state index < -0.39 is 5.51 Å². The topological polar surface area (TPSA) is 17.1 Å². The summed E-state index contributed by atoms with van der Waals surface area (Å²) < 4.78 is 37.0. The van der Waals surface area contributed by atoms with E-state index in [0.717, 1.165) is 11.1 Å². The van der Waals surface area contributed by atoms with Crippen LogP contribution < -0.4 is 0 Å². The molecule has 0 unspecified atom stereocenters. The standard InChI is InChI=1S/C22H15F3OS/c23-22(24,25)27-20-13-6-16(7-14-20)8-15-21(26)19-11-9-18(10-12-19)17-4-2-1-3-5-17/h1-15H. The first kappa shape index (κ1) is 19.0. The number of ketones is 1. The lowest BCUT2D eigenvalue weighted by Crippen LogP contribution is -1.98. The molecule has 3 rings (SSSR count). The number of thioether (sulfide) groups is 1. The van der Waals surface area contributed by atoms with Gasteiger partial charge in [0.15, 0.2) is 5.78 Å². The molecule has 0 heterocycles. The molecule has 3 aromatic rings. The molecule has 5 heteroatoms. The molecule has 0 amide bonds. The van der Waals surface area contributed by atoms with Gasteiger partial charge in [-0.05, 0) is 46.7 Å². The predicted octanol–water partition coefficient (Wildman–Crippen LogP) is 6.86. The quantitative estimate of drug-likeness (QED) is 0.271. The van der Waals surface area contributed by atoms with Crippen molar-refractivity contribution in [3.63, 3.8) is 0 Å².